The van der Waals surface area contributed by atoms with Gasteiger partial charge in [0.2, 0.25) is 5.91 Å². The minimum Gasteiger partial charge on any atom is -0.497 e. The molecule has 31 heavy (non-hydrogen) atoms. The number of methoxy groups -OCH3 is 2. The van der Waals surface area contributed by atoms with Gasteiger partial charge in [0.05, 0.1) is 31.2 Å². The molecule has 0 atom stereocenters. The van der Waals surface area contributed by atoms with Crippen molar-refractivity contribution in [2.45, 2.75) is 25.9 Å². The van der Waals surface area contributed by atoms with Crippen LogP contribution in [-0.2, 0) is 4.79 Å². The first kappa shape index (κ1) is 21.0. The summed E-state index contributed by atoms with van der Waals surface area (Å²) in [5, 5.41) is 13.5. The maximum absolute atomic E-state index is 12.6. The number of aromatic nitrogens is 3. The fourth-order valence-electron chi connectivity index (χ4n) is 3.57. The molecular formula is C23H24N4O3S. The number of hydrogen-bond donors (Lipinski definition) is 1. The molecule has 2 aromatic carbocycles. The molecule has 0 fully saturated rings. The Hall–Kier alpha value is -3.26. The van der Waals surface area contributed by atoms with E-state index in [-0.39, 0.29) is 11.7 Å². The van der Waals surface area contributed by atoms with E-state index < -0.39 is 0 Å². The van der Waals surface area contributed by atoms with Gasteiger partial charge in [-0.2, -0.15) is 0 Å². The molecule has 2 aromatic heterocycles. The van der Waals surface area contributed by atoms with Crippen molar-refractivity contribution in [1.82, 2.24) is 14.6 Å². The Morgan fingerprint density at radius 2 is 1.84 bits per heavy atom. The predicted molar refractivity (Wildman–Crippen MR) is 124 cm³/mol. The van der Waals surface area contributed by atoms with Crippen LogP contribution in [0.15, 0.2) is 41.6 Å². The molecule has 8 heteroatoms. The number of ether oxygens (including phenoxy) is 2. The van der Waals surface area contributed by atoms with Crippen LogP contribution in [0.4, 0.5) is 5.69 Å². The van der Waals surface area contributed by atoms with Gasteiger partial charge < -0.3 is 14.8 Å². The van der Waals surface area contributed by atoms with E-state index in [1.165, 1.54) is 22.9 Å². The average Bonchev–Trinajstić information content (AvgIpc) is 3.20. The summed E-state index contributed by atoms with van der Waals surface area (Å²) in [6, 6.07) is 11.6. The SMILES string of the molecule is COc1ccc(NC(=O)CSc2nnc3c(C)cc4ccc(C)c(C)c4n23)c(OC)c1. The van der Waals surface area contributed by atoms with Crippen molar-refractivity contribution in [2.24, 2.45) is 0 Å². The lowest BCUT2D eigenvalue weighted by Gasteiger charge is -2.12. The quantitative estimate of drug-likeness (QED) is 0.447. The van der Waals surface area contributed by atoms with E-state index in [1.54, 1.807) is 32.4 Å². The summed E-state index contributed by atoms with van der Waals surface area (Å²) < 4.78 is 12.6. The number of benzene rings is 2. The summed E-state index contributed by atoms with van der Waals surface area (Å²) in [6.07, 6.45) is 0. The van der Waals surface area contributed by atoms with Crippen molar-refractivity contribution in [2.75, 3.05) is 25.3 Å². The zero-order valence-corrected chi connectivity index (χ0v) is 19.0. The minimum absolute atomic E-state index is 0.157. The highest BCUT2D eigenvalue weighted by molar-refractivity contribution is 7.99. The average molecular weight is 437 g/mol. The Morgan fingerprint density at radius 1 is 1.03 bits per heavy atom. The van der Waals surface area contributed by atoms with Crippen molar-refractivity contribution in [3.05, 3.63) is 53.1 Å². The summed E-state index contributed by atoms with van der Waals surface area (Å²) in [5.74, 6) is 1.23. The Balaban J connectivity index is 1.61. The predicted octanol–water partition coefficient (Wildman–Crippen LogP) is 4.56. The van der Waals surface area contributed by atoms with Crippen LogP contribution in [0.2, 0.25) is 0 Å². The zero-order valence-electron chi connectivity index (χ0n) is 18.1. The van der Waals surface area contributed by atoms with E-state index in [0.717, 1.165) is 22.1 Å². The van der Waals surface area contributed by atoms with Crippen LogP contribution in [0.25, 0.3) is 16.6 Å². The standard InChI is InChI=1S/C23H24N4O3S/c1-13-6-7-16-10-14(2)22-25-26-23(27(22)21(16)15(13)3)31-12-20(28)24-18-9-8-17(29-4)11-19(18)30-5/h6-11H,12H2,1-5H3,(H,24,28). The fraction of sp³-hybridized carbons (Fsp3) is 0.261. The normalized spacial score (nSPS) is 11.1. The smallest absolute Gasteiger partial charge is 0.234 e. The van der Waals surface area contributed by atoms with Gasteiger partial charge in [-0.15, -0.1) is 10.2 Å². The molecular weight excluding hydrogens is 412 g/mol. The van der Waals surface area contributed by atoms with Gasteiger partial charge in [0.25, 0.3) is 0 Å². The molecule has 0 aliphatic rings. The zero-order chi connectivity index (χ0) is 22.1. The molecule has 160 valence electrons. The molecule has 0 aliphatic heterocycles. The number of rotatable bonds is 6. The van der Waals surface area contributed by atoms with Crippen molar-refractivity contribution < 1.29 is 14.3 Å². The first-order valence-electron chi connectivity index (χ1n) is 9.82. The maximum atomic E-state index is 12.6. The van der Waals surface area contributed by atoms with E-state index in [4.69, 9.17) is 9.47 Å². The van der Waals surface area contributed by atoms with Gasteiger partial charge in [-0.1, -0.05) is 23.9 Å². The second kappa shape index (κ2) is 8.47. The fourth-order valence-corrected chi connectivity index (χ4v) is 4.31. The Morgan fingerprint density at radius 3 is 2.58 bits per heavy atom. The highest BCUT2D eigenvalue weighted by atomic mass is 32.2. The number of amides is 1. The molecule has 2 heterocycles. The number of aryl methyl sites for hydroxylation is 3. The van der Waals surface area contributed by atoms with Gasteiger partial charge in [-0.25, -0.2) is 0 Å². The van der Waals surface area contributed by atoms with E-state index >= 15 is 0 Å². The lowest BCUT2D eigenvalue weighted by molar-refractivity contribution is -0.113. The van der Waals surface area contributed by atoms with Crippen LogP contribution < -0.4 is 14.8 Å². The summed E-state index contributed by atoms with van der Waals surface area (Å²) in [7, 11) is 3.14. The second-order valence-electron chi connectivity index (χ2n) is 7.32. The number of thioether (sulfide) groups is 1. The lowest BCUT2D eigenvalue weighted by atomic mass is 10.0. The third-order valence-corrected chi connectivity index (χ3v) is 6.26. The van der Waals surface area contributed by atoms with Gasteiger partial charge >= 0.3 is 0 Å². The van der Waals surface area contributed by atoms with Gasteiger partial charge in [-0.05, 0) is 61.0 Å². The molecule has 1 N–H and O–H groups in total. The molecule has 0 saturated heterocycles. The molecule has 0 aliphatic carbocycles. The minimum atomic E-state index is -0.157. The highest BCUT2D eigenvalue weighted by Crippen LogP contribution is 2.31. The van der Waals surface area contributed by atoms with Gasteiger partial charge in [0.1, 0.15) is 11.5 Å². The maximum Gasteiger partial charge on any atom is 0.234 e. The number of carbonyl (C=O) groups excluding carboxylic acids is 1. The van der Waals surface area contributed by atoms with Crippen LogP contribution in [0.1, 0.15) is 16.7 Å². The Kier molecular flexibility index (Phi) is 5.73. The number of carbonyl (C=O) groups is 1. The van der Waals surface area contributed by atoms with Crippen LogP contribution in [-0.4, -0.2) is 40.5 Å². The summed E-state index contributed by atoms with van der Waals surface area (Å²) in [4.78, 5) is 12.6. The topological polar surface area (TPSA) is 77.8 Å². The summed E-state index contributed by atoms with van der Waals surface area (Å²) >= 11 is 1.35. The van der Waals surface area contributed by atoms with Gasteiger partial charge in [-0.3, -0.25) is 9.20 Å². The highest BCUT2D eigenvalue weighted by Gasteiger charge is 2.16. The molecule has 4 aromatic rings. The van der Waals surface area contributed by atoms with Crippen molar-refractivity contribution in [3.8, 4) is 11.5 Å². The van der Waals surface area contributed by atoms with Crippen LogP contribution in [0, 0.1) is 20.8 Å². The Bertz CT molecular complexity index is 1300. The number of pyridine rings is 1. The number of nitrogens with zero attached hydrogens (tertiary/aromatic N) is 3. The monoisotopic (exact) mass is 436 g/mol. The van der Waals surface area contributed by atoms with E-state index in [9.17, 15) is 4.79 Å². The summed E-state index contributed by atoms with van der Waals surface area (Å²) in [5.41, 5.74) is 5.89. The van der Waals surface area contributed by atoms with Crippen molar-refractivity contribution in [1.29, 1.82) is 0 Å². The first-order valence-corrected chi connectivity index (χ1v) is 10.8. The number of hydrogen-bond acceptors (Lipinski definition) is 6. The third-order valence-electron chi connectivity index (χ3n) is 5.33. The van der Waals surface area contributed by atoms with Crippen LogP contribution in [0.3, 0.4) is 0 Å². The Labute approximate surface area is 184 Å². The molecule has 0 saturated carbocycles. The summed E-state index contributed by atoms with van der Waals surface area (Å²) in [6.45, 7) is 6.21. The molecule has 0 spiro atoms. The molecule has 7 nitrogen and oxygen atoms in total. The lowest BCUT2D eigenvalue weighted by Crippen LogP contribution is -2.15. The second-order valence-corrected chi connectivity index (χ2v) is 8.26. The van der Waals surface area contributed by atoms with Crippen molar-refractivity contribution >= 4 is 39.9 Å². The number of nitrogens with one attached hydrogen (secondary N) is 1. The van der Waals surface area contributed by atoms with Gasteiger partial charge in [0.15, 0.2) is 10.8 Å². The number of fused-ring (bicyclic) bond motifs is 3. The molecule has 1 amide bonds. The van der Waals surface area contributed by atoms with E-state index in [2.05, 4.69) is 52.0 Å². The molecule has 0 radical (unpaired) electrons. The van der Waals surface area contributed by atoms with Crippen molar-refractivity contribution in [3.63, 3.8) is 0 Å². The van der Waals surface area contributed by atoms with Gasteiger partial charge in [0, 0.05) is 6.07 Å². The van der Waals surface area contributed by atoms with E-state index in [0.29, 0.717) is 22.3 Å². The number of anilines is 1. The van der Waals surface area contributed by atoms with Crippen LogP contribution in [0.5, 0.6) is 11.5 Å². The first-order chi connectivity index (χ1) is 14.9. The molecule has 0 unspecified atom stereocenters. The third kappa shape index (κ3) is 3.90. The van der Waals surface area contributed by atoms with E-state index in [1.807, 2.05) is 6.92 Å². The van der Waals surface area contributed by atoms with Crippen LogP contribution >= 0.6 is 11.8 Å². The molecule has 4 rings (SSSR count). The molecule has 0 bridgehead atoms. The largest absolute Gasteiger partial charge is 0.497 e.